The van der Waals surface area contributed by atoms with E-state index < -0.39 is 0 Å². The summed E-state index contributed by atoms with van der Waals surface area (Å²) in [6.45, 7) is 0. The molecule has 0 radical (unpaired) electrons. The molecule has 0 amide bonds. The zero-order valence-corrected chi connectivity index (χ0v) is 29.0. The highest BCUT2D eigenvalue weighted by Gasteiger charge is 2.23. The van der Waals surface area contributed by atoms with Gasteiger partial charge in [0.1, 0.15) is 5.58 Å². The largest absolute Gasteiger partial charge is 0.454 e. The van der Waals surface area contributed by atoms with Gasteiger partial charge in [-0.15, -0.1) is 0 Å². The Morgan fingerprint density at radius 3 is 1.72 bits per heavy atom. The van der Waals surface area contributed by atoms with Gasteiger partial charge in [0.05, 0.1) is 16.7 Å². The normalized spacial score (nSPS) is 11.7. The molecule has 3 heterocycles. The third-order valence-electron chi connectivity index (χ3n) is 10.4. The molecule has 11 aromatic rings. The van der Waals surface area contributed by atoms with Gasteiger partial charge in [0.25, 0.3) is 0 Å². The van der Waals surface area contributed by atoms with E-state index in [9.17, 15) is 0 Å². The van der Waals surface area contributed by atoms with Crippen molar-refractivity contribution in [2.45, 2.75) is 0 Å². The molecule has 3 aromatic heterocycles. The minimum Gasteiger partial charge on any atom is -0.454 e. The number of para-hydroxylation sites is 2. The fourth-order valence-electron chi connectivity index (χ4n) is 7.89. The molecule has 0 aliphatic carbocycles. The van der Waals surface area contributed by atoms with Gasteiger partial charge >= 0.3 is 0 Å². The van der Waals surface area contributed by atoms with Crippen molar-refractivity contribution in [3.63, 3.8) is 0 Å². The van der Waals surface area contributed by atoms with Gasteiger partial charge in [0.2, 0.25) is 0 Å². The SMILES string of the molecule is c1ccc(-c2ccc3cc4c(cc3c2)c2ccccc2n4-c2ccc(-c3nc(-c4ccccc4)nc(-c4ccccc4)n3)c3c2oc2ccccc23)cc1. The van der Waals surface area contributed by atoms with Crippen molar-refractivity contribution in [3.05, 3.63) is 182 Å². The number of hydrogen-bond donors (Lipinski definition) is 0. The Morgan fingerprint density at radius 2 is 1.00 bits per heavy atom. The predicted octanol–water partition coefficient (Wildman–Crippen LogP) is 12.7. The lowest BCUT2D eigenvalue weighted by Crippen LogP contribution is -2.01. The fourth-order valence-corrected chi connectivity index (χ4v) is 7.89. The molecular formula is C49H30N4O. The van der Waals surface area contributed by atoms with Crippen molar-refractivity contribution in [1.29, 1.82) is 0 Å². The fraction of sp³-hybridized carbons (Fsp3) is 0. The van der Waals surface area contributed by atoms with Gasteiger partial charge in [-0.3, -0.25) is 0 Å². The van der Waals surface area contributed by atoms with Crippen LogP contribution in [0.2, 0.25) is 0 Å². The summed E-state index contributed by atoms with van der Waals surface area (Å²) in [5, 5.41) is 6.72. The highest BCUT2D eigenvalue weighted by molar-refractivity contribution is 6.18. The number of aromatic nitrogens is 4. The average Bonchev–Trinajstić information content (AvgIpc) is 3.79. The summed E-state index contributed by atoms with van der Waals surface area (Å²) in [6.07, 6.45) is 0. The molecule has 0 N–H and O–H groups in total. The van der Waals surface area contributed by atoms with Gasteiger partial charge in [0, 0.05) is 38.2 Å². The van der Waals surface area contributed by atoms with Crippen LogP contribution in [0.15, 0.2) is 186 Å². The summed E-state index contributed by atoms with van der Waals surface area (Å²) in [5.74, 6) is 1.83. The molecule has 0 atom stereocenters. The lowest BCUT2D eigenvalue weighted by molar-refractivity contribution is 0.666. The summed E-state index contributed by atoms with van der Waals surface area (Å²) in [6, 6.07) is 63.3. The van der Waals surface area contributed by atoms with E-state index in [-0.39, 0.29) is 0 Å². The number of nitrogens with zero attached hydrogens (tertiary/aromatic N) is 4. The van der Waals surface area contributed by atoms with Crippen LogP contribution in [0.1, 0.15) is 0 Å². The Kier molecular flexibility index (Phi) is 6.79. The van der Waals surface area contributed by atoms with Crippen LogP contribution in [-0.2, 0) is 0 Å². The lowest BCUT2D eigenvalue weighted by atomic mass is 10.00. The van der Waals surface area contributed by atoms with Crippen LogP contribution in [-0.4, -0.2) is 19.5 Å². The van der Waals surface area contributed by atoms with E-state index >= 15 is 0 Å². The van der Waals surface area contributed by atoms with Gasteiger partial charge < -0.3 is 8.98 Å². The molecule has 0 spiro atoms. The van der Waals surface area contributed by atoms with E-state index in [4.69, 9.17) is 19.4 Å². The van der Waals surface area contributed by atoms with E-state index in [0.29, 0.717) is 17.5 Å². The van der Waals surface area contributed by atoms with Crippen molar-refractivity contribution in [1.82, 2.24) is 19.5 Å². The minimum atomic E-state index is 0.591. The summed E-state index contributed by atoms with van der Waals surface area (Å²) < 4.78 is 9.21. The first-order valence-corrected chi connectivity index (χ1v) is 18.1. The molecule has 0 aliphatic heterocycles. The molecule has 0 saturated heterocycles. The molecule has 0 unspecified atom stereocenters. The molecule has 0 bridgehead atoms. The number of rotatable bonds is 5. The molecule has 0 saturated carbocycles. The molecule has 252 valence electrons. The molecule has 0 fully saturated rings. The molecule has 5 nitrogen and oxygen atoms in total. The van der Waals surface area contributed by atoms with Gasteiger partial charge in [-0.05, 0) is 64.4 Å². The number of fused-ring (bicyclic) bond motifs is 7. The standard InChI is InChI=1S/C49H30N4O/c1-4-14-31(15-5-1)34-24-25-35-30-43-40(29-36(35)28-34)37-20-10-12-22-41(37)53(43)42-27-26-39(45-38-21-11-13-23-44(38)54-46(42)45)49-51-47(32-16-6-2-7-17-32)50-48(52-49)33-18-8-3-9-19-33/h1-30H. The smallest absolute Gasteiger partial charge is 0.164 e. The van der Waals surface area contributed by atoms with Crippen molar-refractivity contribution in [3.8, 4) is 51.0 Å². The number of furan rings is 1. The summed E-state index contributed by atoms with van der Waals surface area (Å²) in [4.78, 5) is 15.2. The van der Waals surface area contributed by atoms with Gasteiger partial charge in [-0.2, -0.15) is 0 Å². The van der Waals surface area contributed by atoms with Crippen LogP contribution in [0.5, 0.6) is 0 Å². The molecule has 8 aromatic carbocycles. The molecule has 11 rings (SSSR count). The van der Waals surface area contributed by atoms with E-state index in [1.54, 1.807) is 0 Å². The van der Waals surface area contributed by atoms with Crippen molar-refractivity contribution in [2.24, 2.45) is 0 Å². The Balaban J connectivity index is 1.18. The zero-order chi connectivity index (χ0) is 35.6. The molecule has 5 heteroatoms. The van der Waals surface area contributed by atoms with Crippen molar-refractivity contribution in [2.75, 3.05) is 0 Å². The van der Waals surface area contributed by atoms with E-state index in [1.807, 2.05) is 72.8 Å². The first kappa shape index (κ1) is 30.3. The highest BCUT2D eigenvalue weighted by Crippen LogP contribution is 2.43. The number of hydrogen-bond acceptors (Lipinski definition) is 4. The van der Waals surface area contributed by atoms with Crippen LogP contribution in [0.4, 0.5) is 0 Å². The lowest BCUT2D eigenvalue weighted by Gasteiger charge is -2.13. The first-order chi connectivity index (χ1) is 26.8. The Bertz CT molecular complexity index is 3140. The van der Waals surface area contributed by atoms with Crippen LogP contribution < -0.4 is 0 Å². The Morgan fingerprint density at radius 1 is 0.389 bits per heavy atom. The monoisotopic (exact) mass is 690 g/mol. The first-order valence-electron chi connectivity index (χ1n) is 18.1. The maximum Gasteiger partial charge on any atom is 0.164 e. The summed E-state index contributed by atoms with van der Waals surface area (Å²) in [5.41, 5.74) is 9.91. The van der Waals surface area contributed by atoms with Crippen LogP contribution in [0.25, 0.3) is 105 Å². The third kappa shape index (κ3) is 4.83. The molecular weight excluding hydrogens is 661 g/mol. The number of benzene rings is 8. The highest BCUT2D eigenvalue weighted by atomic mass is 16.3. The quantitative estimate of drug-likeness (QED) is 0.180. The maximum absolute atomic E-state index is 6.86. The van der Waals surface area contributed by atoms with Crippen LogP contribution >= 0.6 is 0 Å². The second kappa shape index (κ2) is 12.1. The third-order valence-corrected chi connectivity index (χ3v) is 10.4. The minimum absolute atomic E-state index is 0.591. The summed E-state index contributed by atoms with van der Waals surface area (Å²) in [7, 11) is 0. The van der Waals surface area contributed by atoms with E-state index in [1.165, 1.54) is 32.7 Å². The topological polar surface area (TPSA) is 56.7 Å². The molecule has 54 heavy (non-hydrogen) atoms. The van der Waals surface area contributed by atoms with Gasteiger partial charge in [-0.1, -0.05) is 140 Å². The van der Waals surface area contributed by atoms with E-state index in [0.717, 1.165) is 55.3 Å². The van der Waals surface area contributed by atoms with Crippen LogP contribution in [0.3, 0.4) is 0 Å². The maximum atomic E-state index is 6.86. The van der Waals surface area contributed by atoms with Gasteiger partial charge in [0.15, 0.2) is 23.1 Å². The van der Waals surface area contributed by atoms with E-state index in [2.05, 4.69) is 114 Å². The van der Waals surface area contributed by atoms with Crippen LogP contribution in [0, 0.1) is 0 Å². The Labute approximate surface area is 310 Å². The predicted molar refractivity (Wildman–Crippen MR) is 221 cm³/mol. The average molecular weight is 691 g/mol. The second-order valence-electron chi connectivity index (χ2n) is 13.6. The second-order valence-corrected chi connectivity index (χ2v) is 13.6. The summed E-state index contributed by atoms with van der Waals surface area (Å²) >= 11 is 0. The molecule has 0 aliphatic rings. The van der Waals surface area contributed by atoms with Crippen molar-refractivity contribution >= 4 is 54.5 Å². The van der Waals surface area contributed by atoms with Gasteiger partial charge in [-0.25, -0.2) is 15.0 Å². The van der Waals surface area contributed by atoms with Crippen molar-refractivity contribution < 1.29 is 4.42 Å². The zero-order valence-electron chi connectivity index (χ0n) is 29.0. The Hall–Kier alpha value is -7.37.